The Morgan fingerprint density at radius 1 is 1.28 bits per heavy atom. The number of aliphatic hydroxyl groups is 2. The van der Waals surface area contributed by atoms with Crippen molar-refractivity contribution in [2.45, 2.75) is 58.3 Å². The highest BCUT2D eigenvalue weighted by molar-refractivity contribution is 6.55. The van der Waals surface area contributed by atoms with E-state index in [0.29, 0.717) is 11.9 Å². The summed E-state index contributed by atoms with van der Waals surface area (Å²) < 4.78 is 11.6. The lowest BCUT2D eigenvalue weighted by Gasteiger charge is -2.32. The third-order valence-corrected chi connectivity index (χ3v) is 3.63. The van der Waals surface area contributed by atoms with Crippen molar-refractivity contribution in [3.63, 3.8) is 0 Å². The zero-order valence-electron chi connectivity index (χ0n) is 11.9. The van der Waals surface area contributed by atoms with E-state index in [4.69, 9.17) is 9.31 Å². The second-order valence-electron chi connectivity index (χ2n) is 5.63. The van der Waals surface area contributed by atoms with Crippen molar-refractivity contribution >= 4 is 7.12 Å². The molecule has 2 N–H and O–H groups in total. The van der Waals surface area contributed by atoms with Crippen molar-refractivity contribution in [2.24, 2.45) is 0 Å². The Balaban J connectivity index is 2.99. The van der Waals surface area contributed by atoms with Gasteiger partial charge in [0, 0.05) is 5.47 Å². The van der Waals surface area contributed by atoms with E-state index in [2.05, 4.69) is 6.58 Å². The van der Waals surface area contributed by atoms with E-state index in [1.165, 1.54) is 6.08 Å². The molecule has 1 unspecified atom stereocenters. The lowest BCUT2D eigenvalue weighted by atomic mass is 9.76. The molecule has 1 heterocycles. The molecule has 1 fully saturated rings. The smallest absolute Gasteiger partial charge is 0.498 e. The molecule has 0 aromatic carbocycles. The van der Waals surface area contributed by atoms with Gasteiger partial charge in [-0.3, -0.25) is 0 Å². The SMILES string of the molecule is C=C(O)/C(=C\C(O)CC)B1OC(C)(C)C(C)(C)O1. The van der Waals surface area contributed by atoms with Gasteiger partial charge in [-0.15, -0.1) is 0 Å². The molecule has 1 saturated heterocycles. The Bertz CT molecular complexity index is 344. The highest BCUT2D eigenvalue weighted by Gasteiger charge is 2.52. The van der Waals surface area contributed by atoms with E-state index in [-0.39, 0.29) is 5.76 Å². The van der Waals surface area contributed by atoms with Crippen LogP contribution < -0.4 is 0 Å². The largest absolute Gasteiger partial charge is 0.509 e. The number of rotatable bonds is 4. The number of aliphatic hydroxyl groups excluding tert-OH is 2. The lowest BCUT2D eigenvalue weighted by molar-refractivity contribution is 0.00578. The Kier molecular flexibility index (Phi) is 4.31. The Labute approximate surface area is 109 Å². The summed E-state index contributed by atoms with van der Waals surface area (Å²) in [5.41, 5.74) is -0.574. The van der Waals surface area contributed by atoms with E-state index in [0.717, 1.165) is 0 Å². The summed E-state index contributed by atoms with van der Waals surface area (Å²) in [5.74, 6) is -0.138. The Hall–Kier alpha value is -0.775. The summed E-state index contributed by atoms with van der Waals surface area (Å²) in [7, 11) is -0.700. The van der Waals surface area contributed by atoms with E-state index < -0.39 is 24.4 Å². The zero-order chi connectivity index (χ0) is 14.1. The average Bonchev–Trinajstić information content (AvgIpc) is 2.43. The summed E-state index contributed by atoms with van der Waals surface area (Å²) >= 11 is 0. The van der Waals surface area contributed by atoms with Gasteiger partial charge >= 0.3 is 7.12 Å². The summed E-state index contributed by atoms with van der Waals surface area (Å²) in [6.45, 7) is 13.1. The number of allylic oxidation sites excluding steroid dienone is 1. The van der Waals surface area contributed by atoms with Crippen molar-refractivity contribution in [3.8, 4) is 0 Å². The molecule has 0 aromatic rings. The summed E-state index contributed by atoms with van der Waals surface area (Å²) in [6, 6.07) is 0. The predicted molar refractivity (Wildman–Crippen MR) is 72.2 cm³/mol. The van der Waals surface area contributed by atoms with Crippen LogP contribution in [0.2, 0.25) is 0 Å². The molecule has 0 spiro atoms. The van der Waals surface area contributed by atoms with Crippen molar-refractivity contribution < 1.29 is 19.5 Å². The molecule has 102 valence electrons. The highest BCUT2D eigenvalue weighted by atomic mass is 16.7. The van der Waals surface area contributed by atoms with Crippen LogP contribution in [0.4, 0.5) is 0 Å². The summed E-state index contributed by atoms with van der Waals surface area (Å²) in [4.78, 5) is 0. The predicted octanol–water partition coefficient (Wildman–Crippen LogP) is 2.39. The molecule has 1 rings (SSSR count). The normalized spacial score (nSPS) is 24.1. The van der Waals surface area contributed by atoms with E-state index in [1.807, 2.05) is 34.6 Å². The maximum Gasteiger partial charge on any atom is 0.498 e. The first kappa shape index (κ1) is 15.3. The highest BCUT2D eigenvalue weighted by Crippen LogP contribution is 2.39. The Morgan fingerprint density at radius 3 is 2.06 bits per heavy atom. The molecule has 0 bridgehead atoms. The van der Waals surface area contributed by atoms with Gasteiger partial charge in [0.05, 0.1) is 17.3 Å². The van der Waals surface area contributed by atoms with Gasteiger partial charge in [0.25, 0.3) is 0 Å². The number of hydrogen-bond donors (Lipinski definition) is 2. The molecule has 0 aromatic heterocycles. The van der Waals surface area contributed by atoms with Gasteiger partial charge < -0.3 is 19.5 Å². The van der Waals surface area contributed by atoms with Gasteiger partial charge in [-0.25, -0.2) is 0 Å². The van der Waals surface area contributed by atoms with Crippen molar-refractivity contribution in [1.29, 1.82) is 0 Å². The second kappa shape index (κ2) is 5.07. The van der Waals surface area contributed by atoms with Crippen LogP contribution in [0.25, 0.3) is 0 Å². The molecule has 0 amide bonds. The molecule has 0 aliphatic carbocycles. The summed E-state index contributed by atoms with van der Waals surface area (Å²) in [6.07, 6.45) is 1.43. The minimum atomic E-state index is -0.700. The number of hydrogen-bond acceptors (Lipinski definition) is 4. The first-order valence-electron chi connectivity index (χ1n) is 6.24. The molecular weight excluding hydrogens is 231 g/mol. The van der Waals surface area contributed by atoms with Gasteiger partial charge in [0.15, 0.2) is 0 Å². The van der Waals surface area contributed by atoms with Crippen LogP contribution in [0.3, 0.4) is 0 Å². The molecule has 0 saturated carbocycles. The van der Waals surface area contributed by atoms with Crippen LogP contribution >= 0.6 is 0 Å². The van der Waals surface area contributed by atoms with Crippen LogP contribution in [0, 0.1) is 0 Å². The molecule has 4 nitrogen and oxygen atoms in total. The van der Waals surface area contributed by atoms with Crippen LogP contribution in [0.15, 0.2) is 23.9 Å². The maximum atomic E-state index is 9.66. The van der Waals surface area contributed by atoms with Crippen molar-refractivity contribution in [1.82, 2.24) is 0 Å². The third kappa shape index (κ3) is 2.97. The van der Waals surface area contributed by atoms with Crippen LogP contribution in [0.1, 0.15) is 41.0 Å². The summed E-state index contributed by atoms with van der Waals surface area (Å²) in [5, 5.41) is 19.3. The van der Waals surface area contributed by atoms with Crippen LogP contribution in [0.5, 0.6) is 0 Å². The molecule has 18 heavy (non-hydrogen) atoms. The molecule has 1 aliphatic heterocycles. The minimum absolute atomic E-state index is 0.138. The van der Waals surface area contributed by atoms with E-state index in [9.17, 15) is 10.2 Å². The first-order valence-corrected chi connectivity index (χ1v) is 6.24. The molecule has 5 heteroatoms. The average molecular weight is 254 g/mol. The second-order valence-corrected chi connectivity index (χ2v) is 5.63. The minimum Gasteiger partial charge on any atom is -0.509 e. The maximum absolute atomic E-state index is 9.66. The molecular formula is C13H23BO4. The first-order chi connectivity index (χ1) is 8.10. The lowest BCUT2D eigenvalue weighted by Crippen LogP contribution is -2.41. The monoisotopic (exact) mass is 254 g/mol. The fraction of sp³-hybridized carbons (Fsp3) is 0.692. The Morgan fingerprint density at radius 2 is 1.72 bits per heavy atom. The fourth-order valence-electron chi connectivity index (χ4n) is 1.61. The van der Waals surface area contributed by atoms with Gasteiger partial charge in [0.1, 0.15) is 5.76 Å². The van der Waals surface area contributed by atoms with Crippen molar-refractivity contribution in [2.75, 3.05) is 0 Å². The van der Waals surface area contributed by atoms with E-state index in [1.54, 1.807) is 0 Å². The van der Waals surface area contributed by atoms with Gasteiger partial charge in [-0.05, 0) is 34.1 Å². The van der Waals surface area contributed by atoms with Gasteiger partial charge in [-0.2, -0.15) is 0 Å². The standard InChI is InChI=1S/C13H23BO4/c1-7-10(16)8-11(9(2)15)14-17-12(3,4)13(5,6)18-14/h8,10,15-16H,2,7H2,1,3-6H3/b11-8+. The zero-order valence-corrected chi connectivity index (χ0v) is 11.9. The fourth-order valence-corrected chi connectivity index (χ4v) is 1.61. The van der Waals surface area contributed by atoms with E-state index >= 15 is 0 Å². The third-order valence-electron chi connectivity index (χ3n) is 3.63. The van der Waals surface area contributed by atoms with Crippen molar-refractivity contribution in [3.05, 3.63) is 23.9 Å². The molecule has 1 atom stereocenters. The molecule has 0 radical (unpaired) electrons. The van der Waals surface area contributed by atoms with Gasteiger partial charge in [-0.1, -0.05) is 19.6 Å². The van der Waals surface area contributed by atoms with Crippen LogP contribution in [-0.4, -0.2) is 34.6 Å². The molecule has 1 aliphatic rings. The topological polar surface area (TPSA) is 58.9 Å². The quantitative estimate of drug-likeness (QED) is 0.459. The van der Waals surface area contributed by atoms with Gasteiger partial charge in [0.2, 0.25) is 0 Å². The van der Waals surface area contributed by atoms with Crippen LogP contribution in [-0.2, 0) is 9.31 Å².